The molecule has 0 saturated heterocycles. The van der Waals surface area contributed by atoms with Gasteiger partial charge in [-0.25, -0.2) is 0 Å². The highest BCUT2D eigenvalue weighted by Gasteiger charge is 2.16. The molecule has 0 unspecified atom stereocenters. The number of benzene rings is 2. The van der Waals surface area contributed by atoms with Crippen LogP contribution in [0.2, 0.25) is 0 Å². The van der Waals surface area contributed by atoms with E-state index in [-0.39, 0.29) is 5.91 Å². The van der Waals surface area contributed by atoms with Gasteiger partial charge < -0.3 is 14.6 Å². The number of methoxy groups -OCH3 is 1. The number of rotatable bonds is 7. The van der Waals surface area contributed by atoms with Crippen molar-refractivity contribution in [3.8, 4) is 5.75 Å². The van der Waals surface area contributed by atoms with Crippen LogP contribution in [-0.2, 0) is 19.5 Å². The van der Waals surface area contributed by atoms with Crippen molar-refractivity contribution in [2.24, 2.45) is 0 Å². The molecule has 0 aliphatic rings. The Morgan fingerprint density at radius 3 is 2.68 bits per heavy atom. The zero-order chi connectivity index (χ0) is 19.3. The lowest BCUT2D eigenvalue weighted by molar-refractivity contribution is 0.0942. The first-order chi connectivity index (χ1) is 13.7. The molecule has 0 radical (unpaired) electrons. The number of thiophene rings is 1. The minimum absolute atomic E-state index is 0.0562. The van der Waals surface area contributed by atoms with Crippen molar-refractivity contribution in [1.29, 1.82) is 0 Å². The zero-order valence-electron chi connectivity index (χ0n) is 15.7. The third kappa shape index (κ3) is 3.94. The number of nitrogens with one attached hydrogen (secondary N) is 1. The molecule has 4 nitrogen and oxygen atoms in total. The Morgan fingerprint density at radius 2 is 1.86 bits per heavy atom. The Kier molecular flexibility index (Phi) is 5.44. The van der Waals surface area contributed by atoms with Crippen molar-refractivity contribution in [2.75, 3.05) is 7.11 Å². The number of carbonyl (C=O) groups excluding carboxylic acids is 1. The molecule has 0 bridgehead atoms. The van der Waals surface area contributed by atoms with Gasteiger partial charge in [0.25, 0.3) is 5.91 Å². The van der Waals surface area contributed by atoms with Crippen molar-refractivity contribution in [3.05, 3.63) is 88.9 Å². The zero-order valence-corrected chi connectivity index (χ0v) is 16.5. The second-order valence-electron chi connectivity index (χ2n) is 6.62. The normalized spacial score (nSPS) is 10.9. The first-order valence-electron chi connectivity index (χ1n) is 9.26. The molecule has 2 heterocycles. The smallest absolute Gasteiger partial charge is 0.268 e. The summed E-state index contributed by atoms with van der Waals surface area (Å²) >= 11 is 1.66. The fourth-order valence-electron chi connectivity index (χ4n) is 3.35. The van der Waals surface area contributed by atoms with Crippen molar-refractivity contribution >= 4 is 27.5 Å². The van der Waals surface area contributed by atoms with Gasteiger partial charge in [0.1, 0.15) is 11.4 Å². The van der Waals surface area contributed by atoms with Gasteiger partial charge in [0.15, 0.2) is 0 Å². The molecular weight excluding hydrogens is 368 g/mol. The summed E-state index contributed by atoms with van der Waals surface area (Å²) in [6.07, 6.45) is 0.886. The minimum Gasteiger partial charge on any atom is -0.497 e. The molecular formula is C23H22N2O2S. The summed E-state index contributed by atoms with van der Waals surface area (Å²) in [5.74, 6) is 0.734. The molecule has 1 amide bonds. The topological polar surface area (TPSA) is 43.3 Å². The summed E-state index contributed by atoms with van der Waals surface area (Å²) in [5, 5.41) is 5.12. The molecule has 5 heteroatoms. The summed E-state index contributed by atoms with van der Waals surface area (Å²) in [6.45, 7) is 1.24. The number of ether oxygens (including phenoxy) is 1. The molecule has 0 fully saturated rings. The monoisotopic (exact) mass is 390 g/mol. The number of fused-ring (bicyclic) bond motifs is 1. The molecule has 2 aromatic carbocycles. The van der Waals surface area contributed by atoms with Gasteiger partial charge >= 0.3 is 0 Å². The highest BCUT2D eigenvalue weighted by molar-refractivity contribution is 7.17. The molecule has 2 aromatic heterocycles. The molecule has 142 valence electrons. The number of hydrogen-bond donors (Lipinski definition) is 1. The maximum atomic E-state index is 12.9. The van der Waals surface area contributed by atoms with E-state index in [0.717, 1.165) is 34.5 Å². The standard InChI is InChI=1S/C23H22N2O2S/c1-27-19-9-5-8-18(14-19)16-24-23(26)21-15-22-20(11-13-28-22)25(21)12-10-17-6-3-2-4-7-17/h2-9,11,13-15H,10,12,16H2,1H3,(H,24,26). The van der Waals surface area contributed by atoms with Crippen LogP contribution in [0.3, 0.4) is 0 Å². The van der Waals surface area contributed by atoms with Crippen molar-refractivity contribution in [3.63, 3.8) is 0 Å². The maximum absolute atomic E-state index is 12.9. The average Bonchev–Trinajstić information content (AvgIpc) is 3.33. The summed E-state index contributed by atoms with van der Waals surface area (Å²) < 4.78 is 8.52. The quantitative estimate of drug-likeness (QED) is 0.488. The second-order valence-corrected chi connectivity index (χ2v) is 7.57. The first-order valence-corrected chi connectivity index (χ1v) is 10.1. The van der Waals surface area contributed by atoms with Crippen LogP contribution in [0.15, 0.2) is 72.1 Å². The van der Waals surface area contributed by atoms with E-state index in [2.05, 4.69) is 33.5 Å². The molecule has 1 N–H and O–H groups in total. The summed E-state index contributed by atoms with van der Waals surface area (Å²) in [6, 6.07) is 22.2. The Morgan fingerprint density at radius 1 is 1.04 bits per heavy atom. The Balaban J connectivity index is 1.52. The van der Waals surface area contributed by atoms with Crippen LogP contribution in [0.25, 0.3) is 10.2 Å². The Bertz CT molecular complexity index is 1080. The molecule has 0 spiro atoms. The van der Waals surface area contributed by atoms with Crippen molar-refractivity contribution in [2.45, 2.75) is 19.5 Å². The fraction of sp³-hybridized carbons (Fsp3) is 0.174. The van der Waals surface area contributed by atoms with Crippen molar-refractivity contribution < 1.29 is 9.53 Å². The largest absolute Gasteiger partial charge is 0.497 e. The molecule has 0 saturated carbocycles. The third-order valence-electron chi connectivity index (χ3n) is 4.81. The average molecular weight is 391 g/mol. The van der Waals surface area contributed by atoms with Gasteiger partial charge in [0.2, 0.25) is 0 Å². The fourth-order valence-corrected chi connectivity index (χ4v) is 4.17. The second kappa shape index (κ2) is 8.31. The van der Waals surface area contributed by atoms with E-state index >= 15 is 0 Å². The van der Waals surface area contributed by atoms with E-state index < -0.39 is 0 Å². The van der Waals surface area contributed by atoms with Crippen molar-refractivity contribution in [1.82, 2.24) is 9.88 Å². The maximum Gasteiger partial charge on any atom is 0.268 e. The van der Waals surface area contributed by atoms with E-state index in [4.69, 9.17) is 4.74 Å². The van der Waals surface area contributed by atoms with E-state index in [1.807, 2.05) is 48.5 Å². The predicted molar refractivity (Wildman–Crippen MR) is 114 cm³/mol. The van der Waals surface area contributed by atoms with E-state index in [1.165, 1.54) is 5.56 Å². The third-order valence-corrected chi connectivity index (χ3v) is 5.66. The molecule has 0 aliphatic carbocycles. The predicted octanol–water partition coefficient (Wildman–Crippen LogP) is 4.88. The highest BCUT2D eigenvalue weighted by Crippen LogP contribution is 2.26. The highest BCUT2D eigenvalue weighted by atomic mass is 32.1. The first kappa shape index (κ1) is 18.3. The van der Waals surface area contributed by atoms with E-state index in [9.17, 15) is 4.79 Å². The lowest BCUT2D eigenvalue weighted by Gasteiger charge is -2.11. The van der Waals surface area contributed by atoms with Gasteiger partial charge in [-0.2, -0.15) is 0 Å². The van der Waals surface area contributed by atoms with Gasteiger partial charge in [-0.05, 0) is 47.2 Å². The summed E-state index contributed by atoms with van der Waals surface area (Å²) in [5.41, 5.74) is 4.10. The van der Waals surface area contributed by atoms with Gasteiger partial charge in [0, 0.05) is 13.1 Å². The van der Waals surface area contributed by atoms with Crippen LogP contribution in [0, 0.1) is 0 Å². The van der Waals surface area contributed by atoms with Crippen LogP contribution in [0.1, 0.15) is 21.6 Å². The van der Waals surface area contributed by atoms with Gasteiger partial charge in [-0.1, -0.05) is 42.5 Å². The van der Waals surface area contributed by atoms with Crippen LogP contribution in [0.4, 0.5) is 0 Å². The van der Waals surface area contributed by atoms with Gasteiger partial charge in [0.05, 0.1) is 17.3 Å². The van der Waals surface area contributed by atoms with E-state index in [0.29, 0.717) is 12.2 Å². The summed E-state index contributed by atoms with van der Waals surface area (Å²) in [4.78, 5) is 12.9. The molecule has 0 atom stereocenters. The van der Waals surface area contributed by atoms with Crippen LogP contribution in [0.5, 0.6) is 5.75 Å². The Labute approximate surface area is 168 Å². The molecule has 28 heavy (non-hydrogen) atoms. The van der Waals surface area contributed by atoms with Crippen LogP contribution in [-0.4, -0.2) is 17.6 Å². The lowest BCUT2D eigenvalue weighted by atomic mass is 10.1. The molecule has 4 aromatic rings. The number of aryl methyl sites for hydroxylation is 2. The number of carbonyl (C=O) groups is 1. The SMILES string of the molecule is COc1cccc(CNC(=O)c2cc3sccc3n2CCc2ccccc2)c1. The minimum atomic E-state index is -0.0562. The molecule has 4 rings (SSSR count). The summed E-state index contributed by atoms with van der Waals surface area (Å²) in [7, 11) is 1.64. The Hall–Kier alpha value is -3.05. The van der Waals surface area contributed by atoms with Crippen LogP contribution < -0.4 is 10.1 Å². The van der Waals surface area contributed by atoms with Gasteiger partial charge in [-0.3, -0.25) is 4.79 Å². The number of hydrogen-bond acceptors (Lipinski definition) is 3. The number of aromatic nitrogens is 1. The molecule has 0 aliphatic heterocycles. The number of nitrogens with zero attached hydrogens (tertiary/aromatic N) is 1. The van der Waals surface area contributed by atoms with E-state index in [1.54, 1.807) is 18.4 Å². The van der Waals surface area contributed by atoms with Gasteiger partial charge in [-0.15, -0.1) is 11.3 Å². The van der Waals surface area contributed by atoms with Crippen LogP contribution >= 0.6 is 11.3 Å². The number of amides is 1. The lowest BCUT2D eigenvalue weighted by Crippen LogP contribution is -2.25.